The molecule has 1 amide bonds. The molecule has 2 aromatic rings. The topological polar surface area (TPSA) is 87.5 Å². The van der Waals surface area contributed by atoms with Gasteiger partial charge in [-0.25, -0.2) is 0 Å². The molecule has 0 saturated carbocycles. The molecular weight excluding hydrogens is 300 g/mol. The molecule has 0 saturated heterocycles. The maximum Gasteiger partial charge on any atom is 0.274 e. The molecule has 0 aliphatic carbocycles. The van der Waals surface area contributed by atoms with E-state index in [9.17, 15) is 4.79 Å². The summed E-state index contributed by atoms with van der Waals surface area (Å²) in [7, 11) is 1.69. The minimum absolute atomic E-state index is 0.208. The predicted molar refractivity (Wildman–Crippen MR) is 79.2 cm³/mol. The minimum atomic E-state index is -0.316. The Morgan fingerprint density at radius 2 is 2.26 bits per heavy atom. The van der Waals surface area contributed by atoms with E-state index < -0.39 is 0 Å². The first-order valence-corrected chi connectivity index (χ1v) is 6.85. The van der Waals surface area contributed by atoms with E-state index in [4.69, 9.17) is 14.2 Å². The highest BCUT2D eigenvalue weighted by Gasteiger charge is 2.13. The SMILES string of the molecule is Cn1cc(C(=O)NCC#CCOc2ccc3c(c2)OCO3)nn1. The number of hydrogen-bond donors (Lipinski definition) is 1. The summed E-state index contributed by atoms with van der Waals surface area (Å²) in [4.78, 5) is 11.7. The Morgan fingerprint density at radius 3 is 3.09 bits per heavy atom. The second kappa shape index (κ2) is 6.70. The van der Waals surface area contributed by atoms with Gasteiger partial charge in [-0.1, -0.05) is 17.1 Å². The van der Waals surface area contributed by atoms with Gasteiger partial charge in [0, 0.05) is 13.1 Å². The van der Waals surface area contributed by atoms with E-state index >= 15 is 0 Å². The molecule has 0 radical (unpaired) electrons. The van der Waals surface area contributed by atoms with Crippen molar-refractivity contribution in [1.82, 2.24) is 20.3 Å². The number of fused-ring (bicyclic) bond motifs is 1. The van der Waals surface area contributed by atoms with Crippen LogP contribution in [-0.4, -0.2) is 40.8 Å². The van der Waals surface area contributed by atoms with Crippen molar-refractivity contribution >= 4 is 5.91 Å². The van der Waals surface area contributed by atoms with Crippen LogP contribution in [0.2, 0.25) is 0 Å². The van der Waals surface area contributed by atoms with E-state index in [0.717, 1.165) is 0 Å². The van der Waals surface area contributed by atoms with Gasteiger partial charge in [-0.05, 0) is 12.1 Å². The van der Waals surface area contributed by atoms with Crippen molar-refractivity contribution in [2.75, 3.05) is 19.9 Å². The Kier molecular flexibility index (Phi) is 4.29. The lowest BCUT2D eigenvalue weighted by Crippen LogP contribution is -2.24. The first-order chi connectivity index (χ1) is 11.2. The standard InChI is InChI=1S/C15H14N4O4/c1-19-9-12(17-18-19)15(20)16-6-2-3-7-21-11-4-5-13-14(8-11)23-10-22-13/h4-5,8-9H,6-7,10H2,1H3,(H,16,20). The van der Waals surface area contributed by atoms with Crippen LogP contribution < -0.4 is 19.5 Å². The first kappa shape index (κ1) is 14.7. The number of benzene rings is 1. The van der Waals surface area contributed by atoms with Gasteiger partial charge in [0.05, 0.1) is 12.7 Å². The number of nitrogens with one attached hydrogen (secondary N) is 1. The number of amides is 1. The van der Waals surface area contributed by atoms with Crippen LogP contribution in [0.25, 0.3) is 0 Å². The molecule has 0 atom stereocenters. The molecule has 0 fully saturated rings. The normalized spacial score (nSPS) is 11.5. The number of aryl methyl sites for hydroxylation is 1. The molecule has 118 valence electrons. The Morgan fingerprint density at radius 1 is 1.39 bits per heavy atom. The summed E-state index contributed by atoms with van der Waals surface area (Å²) in [6.45, 7) is 0.643. The predicted octanol–water partition coefficient (Wildman–Crippen LogP) is 0.356. The molecule has 1 aromatic carbocycles. The fourth-order valence-electron chi connectivity index (χ4n) is 1.87. The quantitative estimate of drug-likeness (QED) is 0.820. The average Bonchev–Trinajstić information content (AvgIpc) is 3.18. The molecule has 0 spiro atoms. The van der Waals surface area contributed by atoms with E-state index in [1.807, 2.05) is 0 Å². The first-order valence-electron chi connectivity index (χ1n) is 6.85. The number of hydrogen-bond acceptors (Lipinski definition) is 6. The number of nitrogens with zero attached hydrogens (tertiary/aromatic N) is 3. The van der Waals surface area contributed by atoms with Crippen LogP contribution in [0, 0.1) is 11.8 Å². The van der Waals surface area contributed by atoms with Crippen molar-refractivity contribution in [3.05, 3.63) is 30.1 Å². The van der Waals surface area contributed by atoms with Crippen LogP contribution in [0.5, 0.6) is 17.2 Å². The van der Waals surface area contributed by atoms with Gasteiger partial charge in [0.25, 0.3) is 5.91 Å². The molecule has 8 nitrogen and oxygen atoms in total. The molecule has 0 bridgehead atoms. The van der Waals surface area contributed by atoms with Gasteiger partial charge >= 0.3 is 0 Å². The molecular formula is C15H14N4O4. The van der Waals surface area contributed by atoms with Gasteiger partial charge in [-0.15, -0.1) is 5.10 Å². The van der Waals surface area contributed by atoms with Crippen LogP contribution in [0.4, 0.5) is 0 Å². The second-order valence-electron chi connectivity index (χ2n) is 4.62. The lowest BCUT2D eigenvalue weighted by molar-refractivity contribution is 0.0953. The monoisotopic (exact) mass is 314 g/mol. The Bertz CT molecular complexity index is 775. The Labute approximate surface area is 132 Å². The van der Waals surface area contributed by atoms with Crippen molar-refractivity contribution in [1.29, 1.82) is 0 Å². The van der Waals surface area contributed by atoms with E-state index in [1.54, 1.807) is 25.2 Å². The summed E-state index contributed by atoms with van der Waals surface area (Å²) < 4.78 is 17.4. The summed E-state index contributed by atoms with van der Waals surface area (Å²) in [6.07, 6.45) is 1.53. The van der Waals surface area contributed by atoms with Crippen molar-refractivity contribution in [3.8, 4) is 29.1 Å². The van der Waals surface area contributed by atoms with Crippen LogP contribution in [-0.2, 0) is 7.05 Å². The largest absolute Gasteiger partial charge is 0.481 e. The molecule has 2 heterocycles. The van der Waals surface area contributed by atoms with Crippen LogP contribution in [0.1, 0.15) is 10.5 Å². The van der Waals surface area contributed by atoms with Crippen molar-refractivity contribution in [2.45, 2.75) is 0 Å². The van der Waals surface area contributed by atoms with E-state index in [-0.39, 0.29) is 31.5 Å². The highest BCUT2D eigenvalue weighted by molar-refractivity contribution is 5.91. The summed E-state index contributed by atoms with van der Waals surface area (Å²) >= 11 is 0. The molecule has 1 N–H and O–H groups in total. The van der Waals surface area contributed by atoms with Crippen LogP contribution in [0.3, 0.4) is 0 Å². The number of rotatable bonds is 4. The summed E-state index contributed by atoms with van der Waals surface area (Å²) in [5.41, 5.74) is 0.255. The Balaban J connectivity index is 1.41. The van der Waals surface area contributed by atoms with Crippen LogP contribution in [0.15, 0.2) is 24.4 Å². The lowest BCUT2D eigenvalue weighted by atomic mass is 10.3. The molecule has 8 heteroatoms. The number of carbonyl (C=O) groups is 1. The molecule has 1 aromatic heterocycles. The number of ether oxygens (including phenoxy) is 3. The van der Waals surface area contributed by atoms with Gasteiger partial charge in [0.15, 0.2) is 17.2 Å². The van der Waals surface area contributed by atoms with Gasteiger partial charge in [0.1, 0.15) is 12.4 Å². The van der Waals surface area contributed by atoms with Crippen molar-refractivity contribution in [2.24, 2.45) is 7.05 Å². The van der Waals surface area contributed by atoms with Crippen molar-refractivity contribution in [3.63, 3.8) is 0 Å². The second-order valence-corrected chi connectivity index (χ2v) is 4.62. The highest BCUT2D eigenvalue weighted by atomic mass is 16.7. The van der Waals surface area contributed by atoms with E-state index in [0.29, 0.717) is 17.2 Å². The lowest BCUT2D eigenvalue weighted by Gasteiger charge is -2.02. The van der Waals surface area contributed by atoms with Gasteiger partial charge < -0.3 is 19.5 Å². The van der Waals surface area contributed by atoms with Gasteiger partial charge in [-0.3, -0.25) is 9.48 Å². The maximum absolute atomic E-state index is 11.7. The Hall–Kier alpha value is -3.21. The summed E-state index contributed by atoms with van der Waals surface area (Å²) in [5.74, 6) is 7.30. The highest BCUT2D eigenvalue weighted by Crippen LogP contribution is 2.34. The van der Waals surface area contributed by atoms with Crippen LogP contribution >= 0.6 is 0 Å². The van der Waals surface area contributed by atoms with E-state index in [2.05, 4.69) is 27.5 Å². The fourth-order valence-corrected chi connectivity index (χ4v) is 1.87. The molecule has 23 heavy (non-hydrogen) atoms. The van der Waals surface area contributed by atoms with Gasteiger partial charge in [-0.2, -0.15) is 0 Å². The molecule has 1 aliphatic rings. The van der Waals surface area contributed by atoms with Crippen molar-refractivity contribution < 1.29 is 19.0 Å². The number of carbonyl (C=O) groups excluding carboxylic acids is 1. The molecule has 3 rings (SSSR count). The summed E-state index contributed by atoms with van der Waals surface area (Å²) in [5, 5.41) is 10.0. The minimum Gasteiger partial charge on any atom is -0.481 e. The molecule has 1 aliphatic heterocycles. The average molecular weight is 314 g/mol. The zero-order valence-electron chi connectivity index (χ0n) is 12.4. The third-order valence-corrected chi connectivity index (χ3v) is 2.95. The van der Waals surface area contributed by atoms with E-state index in [1.165, 1.54) is 10.9 Å². The smallest absolute Gasteiger partial charge is 0.274 e. The zero-order chi connectivity index (χ0) is 16.1. The zero-order valence-corrected chi connectivity index (χ0v) is 12.4. The number of aromatic nitrogens is 3. The maximum atomic E-state index is 11.7. The molecule has 0 unspecified atom stereocenters. The third kappa shape index (κ3) is 3.71. The third-order valence-electron chi connectivity index (χ3n) is 2.95. The fraction of sp³-hybridized carbons (Fsp3) is 0.267. The summed E-state index contributed by atoms with van der Waals surface area (Å²) in [6, 6.07) is 5.32. The van der Waals surface area contributed by atoms with Gasteiger partial charge in [0.2, 0.25) is 6.79 Å².